The number of aryl methyl sites for hydroxylation is 1. The number of rotatable bonds is 7. The first-order valence-electron chi connectivity index (χ1n) is 9.14. The van der Waals surface area contributed by atoms with Crippen molar-refractivity contribution in [3.63, 3.8) is 0 Å². The van der Waals surface area contributed by atoms with Gasteiger partial charge >= 0.3 is 5.97 Å². The molecule has 9 nitrogen and oxygen atoms in total. The van der Waals surface area contributed by atoms with Crippen molar-refractivity contribution in [2.45, 2.75) is 13.8 Å². The van der Waals surface area contributed by atoms with Crippen LogP contribution in [-0.4, -0.2) is 46.5 Å². The molecule has 0 fully saturated rings. The van der Waals surface area contributed by atoms with Crippen LogP contribution in [0.4, 0.5) is 11.4 Å². The summed E-state index contributed by atoms with van der Waals surface area (Å²) in [5.74, 6) is -0.0736. The van der Waals surface area contributed by atoms with Crippen LogP contribution in [0.2, 0.25) is 0 Å². The predicted octanol–water partition coefficient (Wildman–Crippen LogP) is 2.31. The lowest BCUT2D eigenvalue weighted by Crippen LogP contribution is -2.37. The molecule has 0 radical (unpaired) electrons. The summed E-state index contributed by atoms with van der Waals surface area (Å²) in [6, 6.07) is 9.35. The van der Waals surface area contributed by atoms with E-state index in [1.807, 2.05) is 0 Å². The molecule has 1 N–H and O–H groups in total. The Balaban J connectivity index is 1.76. The molecule has 1 heterocycles. The summed E-state index contributed by atoms with van der Waals surface area (Å²) in [6.07, 6.45) is 1.02. The Labute approximate surface area is 174 Å². The highest BCUT2D eigenvalue weighted by molar-refractivity contribution is 7.92. The number of fused-ring (bicyclic) bond motifs is 1. The maximum Gasteiger partial charge on any atom is 0.338 e. The van der Waals surface area contributed by atoms with E-state index in [0.717, 1.165) is 10.6 Å². The van der Waals surface area contributed by atoms with Crippen molar-refractivity contribution in [2.75, 3.05) is 35.8 Å². The quantitative estimate of drug-likeness (QED) is 0.666. The van der Waals surface area contributed by atoms with Gasteiger partial charge in [-0.05, 0) is 49.7 Å². The van der Waals surface area contributed by atoms with Crippen LogP contribution in [0.25, 0.3) is 0 Å². The van der Waals surface area contributed by atoms with Crippen molar-refractivity contribution in [1.29, 1.82) is 0 Å². The second kappa shape index (κ2) is 8.62. The Morgan fingerprint density at radius 2 is 1.87 bits per heavy atom. The number of esters is 1. The molecule has 1 aliphatic rings. The number of carbonyl (C=O) groups is 2. The SMILES string of the molecule is CCOC(=O)c1ccc(NC(=O)CN(c2ccc3c(c2)OCO3)S(C)(=O)=O)c(C)c1. The Kier molecular flexibility index (Phi) is 6.16. The molecule has 0 unspecified atom stereocenters. The van der Waals surface area contributed by atoms with Gasteiger partial charge < -0.3 is 19.5 Å². The van der Waals surface area contributed by atoms with Crippen molar-refractivity contribution in [2.24, 2.45) is 0 Å². The molecule has 0 saturated carbocycles. The average Bonchev–Trinajstić information content (AvgIpc) is 3.14. The van der Waals surface area contributed by atoms with Gasteiger partial charge in [-0.15, -0.1) is 0 Å². The molecular weight excluding hydrogens is 412 g/mol. The smallest absolute Gasteiger partial charge is 0.338 e. The van der Waals surface area contributed by atoms with Crippen LogP contribution >= 0.6 is 0 Å². The van der Waals surface area contributed by atoms with Crippen LogP contribution in [0.3, 0.4) is 0 Å². The molecule has 160 valence electrons. The summed E-state index contributed by atoms with van der Waals surface area (Å²) in [6.45, 7) is 3.33. The average molecular weight is 434 g/mol. The zero-order valence-electron chi connectivity index (χ0n) is 16.8. The van der Waals surface area contributed by atoms with Gasteiger partial charge in [0.25, 0.3) is 0 Å². The van der Waals surface area contributed by atoms with E-state index >= 15 is 0 Å². The van der Waals surface area contributed by atoms with E-state index in [9.17, 15) is 18.0 Å². The third kappa shape index (κ3) is 4.82. The predicted molar refractivity (Wildman–Crippen MR) is 111 cm³/mol. The monoisotopic (exact) mass is 434 g/mol. The summed E-state index contributed by atoms with van der Waals surface area (Å²) in [4.78, 5) is 24.4. The number of ether oxygens (including phenoxy) is 3. The van der Waals surface area contributed by atoms with Gasteiger partial charge in [0.15, 0.2) is 11.5 Å². The molecular formula is C20H22N2O7S. The lowest BCUT2D eigenvalue weighted by Gasteiger charge is -2.22. The number of nitrogens with zero attached hydrogens (tertiary/aromatic N) is 1. The van der Waals surface area contributed by atoms with Crippen molar-refractivity contribution in [3.8, 4) is 11.5 Å². The highest BCUT2D eigenvalue weighted by Crippen LogP contribution is 2.36. The molecule has 30 heavy (non-hydrogen) atoms. The Morgan fingerprint density at radius 1 is 1.13 bits per heavy atom. The van der Waals surface area contributed by atoms with Crippen LogP contribution in [0.15, 0.2) is 36.4 Å². The maximum absolute atomic E-state index is 12.6. The van der Waals surface area contributed by atoms with E-state index in [1.165, 1.54) is 12.1 Å². The lowest BCUT2D eigenvalue weighted by atomic mass is 10.1. The van der Waals surface area contributed by atoms with E-state index in [-0.39, 0.29) is 19.1 Å². The molecule has 1 aliphatic heterocycles. The van der Waals surface area contributed by atoms with Crippen LogP contribution in [-0.2, 0) is 19.6 Å². The van der Waals surface area contributed by atoms with Gasteiger partial charge in [-0.25, -0.2) is 13.2 Å². The molecule has 0 aliphatic carbocycles. The third-order valence-corrected chi connectivity index (χ3v) is 5.48. The summed E-state index contributed by atoms with van der Waals surface area (Å²) in [5, 5.41) is 2.68. The topological polar surface area (TPSA) is 111 Å². The molecule has 0 saturated heterocycles. The number of amides is 1. The zero-order chi connectivity index (χ0) is 21.9. The molecule has 0 bridgehead atoms. The fourth-order valence-electron chi connectivity index (χ4n) is 2.91. The molecule has 0 spiro atoms. The zero-order valence-corrected chi connectivity index (χ0v) is 17.6. The minimum atomic E-state index is -3.74. The minimum Gasteiger partial charge on any atom is -0.462 e. The van der Waals surface area contributed by atoms with E-state index < -0.39 is 28.4 Å². The number of hydrogen-bond donors (Lipinski definition) is 1. The first-order chi connectivity index (χ1) is 14.2. The fraction of sp³-hybridized carbons (Fsp3) is 0.300. The molecule has 0 atom stereocenters. The second-order valence-corrected chi connectivity index (χ2v) is 8.51. The largest absolute Gasteiger partial charge is 0.462 e. The third-order valence-electron chi connectivity index (χ3n) is 4.34. The van der Waals surface area contributed by atoms with Crippen LogP contribution < -0.4 is 19.1 Å². The van der Waals surface area contributed by atoms with Gasteiger partial charge in [-0.2, -0.15) is 0 Å². The van der Waals surface area contributed by atoms with Gasteiger partial charge in [0.05, 0.1) is 24.1 Å². The first-order valence-corrected chi connectivity index (χ1v) is 11.0. The summed E-state index contributed by atoms with van der Waals surface area (Å²) < 4.78 is 41.0. The lowest BCUT2D eigenvalue weighted by molar-refractivity contribution is -0.114. The van der Waals surface area contributed by atoms with Gasteiger partial charge in [-0.3, -0.25) is 9.10 Å². The van der Waals surface area contributed by atoms with E-state index in [4.69, 9.17) is 14.2 Å². The fourth-order valence-corrected chi connectivity index (χ4v) is 3.75. The number of nitrogens with one attached hydrogen (secondary N) is 1. The number of carbonyl (C=O) groups excluding carboxylic acids is 2. The normalized spacial score (nSPS) is 12.4. The maximum atomic E-state index is 12.6. The second-order valence-electron chi connectivity index (χ2n) is 6.61. The van der Waals surface area contributed by atoms with Crippen molar-refractivity contribution in [3.05, 3.63) is 47.5 Å². The van der Waals surface area contributed by atoms with Crippen molar-refractivity contribution < 1.29 is 32.2 Å². The standard InChI is InChI=1S/C20H22N2O7S/c1-4-27-20(24)14-5-7-16(13(2)9-14)21-19(23)11-22(30(3,25)26)15-6-8-17-18(10-15)29-12-28-17/h5-10H,4,11-12H2,1-3H3,(H,21,23). The van der Waals surface area contributed by atoms with Crippen LogP contribution in [0, 0.1) is 6.92 Å². The number of sulfonamides is 1. The Hall–Kier alpha value is -3.27. The molecule has 1 amide bonds. The molecule has 3 rings (SSSR count). The van der Waals surface area contributed by atoms with Gasteiger partial charge in [-0.1, -0.05) is 0 Å². The van der Waals surface area contributed by atoms with Crippen LogP contribution in [0.1, 0.15) is 22.8 Å². The highest BCUT2D eigenvalue weighted by Gasteiger charge is 2.24. The molecule has 0 aromatic heterocycles. The van der Waals surface area contributed by atoms with Gasteiger partial charge in [0.2, 0.25) is 22.7 Å². The number of hydrogen-bond acceptors (Lipinski definition) is 7. The summed E-state index contributed by atoms with van der Waals surface area (Å²) in [7, 11) is -3.74. The van der Waals surface area contributed by atoms with E-state index in [1.54, 1.807) is 38.1 Å². The Morgan fingerprint density at radius 3 is 2.53 bits per heavy atom. The van der Waals surface area contributed by atoms with E-state index in [0.29, 0.717) is 28.3 Å². The molecule has 10 heteroatoms. The van der Waals surface area contributed by atoms with Crippen molar-refractivity contribution in [1.82, 2.24) is 0 Å². The molecule has 2 aromatic carbocycles. The Bertz CT molecular complexity index is 1080. The summed E-state index contributed by atoms with van der Waals surface area (Å²) >= 11 is 0. The van der Waals surface area contributed by atoms with Gasteiger partial charge in [0, 0.05) is 11.8 Å². The first kappa shape index (κ1) is 21.4. The number of anilines is 2. The number of benzene rings is 2. The van der Waals surface area contributed by atoms with Crippen LogP contribution in [0.5, 0.6) is 11.5 Å². The van der Waals surface area contributed by atoms with Gasteiger partial charge in [0.1, 0.15) is 6.54 Å². The molecule has 2 aromatic rings. The van der Waals surface area contributed by atoms with E-state index in [2.05, 4.69) is 5.32 Å². The van der Waals surface area contributed by atoms with Crippen molar-refractivity contribution >= 4 is 33.3 Å². The summed E-state index contributed by atoms with van der Waals surface area (Å²) in [5.41, 5.74) is 1.76. The highest BCUT2D eigenvalue weighted by atomic mass is 32.2. The minimum absolute atomic E-state index is 0.0548.